The molecule has 2 aromatic rings. The highest BCUT2D eigenvalue weighted by atomic mass is 19.1. The number of hydrogen-bond donors (Lipinski definition) is 2. The summed E-state index contributed by atoms with van der Waals surface area (Å²) in [5.74, 6) is -3.70. The number of carbonyl (C=O) groups excluding carboxylic acids is 1. The van der Waals surface area contributed by atoms with Crippen LogP contribution in [0.25, 0.3) is 0 Å². The van der Waals surface area contributed by atoms with Crippen LogP contribution in [0.15, 0.2) is 42.5 Å². The summed E-state index contributed by atoms with van der Waals surface area (Å²) in [5, 5.41) is 22.1. The number of amides is 1. The zero-order valence-electron chi connectivity index (χ0n) is 13.3. The van der Waals surface area contributed by atoms with Crippen molar-refractivity contribution in [3.05, 3.63) is 75.3 Å². The van der Waals surface area contributed by atoms with Gasteiger partial charge in [0.2, 0.25) is 5.91 Å². The first-order valence-corrected chi connectivity index (χ1v) is 7.45. The summed E-state index contributed by atoms with van der Waals surface area (Å²) >= 11 is 0. The van der Waals surface area contributed by atoms with Crippen molar-refractivity contribution < 1.29 is 28.4 Å². The van der Waals surface area contributed by atoms with Crippen molar-refractivity contribution in [2.24, 2.45) is 0 Å². The predicted octanol–water partition coefficient (Wildman–Crippen LogP) is 2.23. The van der Waals surface area contributed by atoms with E-state index in [4.69, 9.17) is 0 Å². The molecule has 0 aliphatic carbocycles. The maximum Gasteiger partial charge on any atom is 0.326 e. The highest BCUT2D eigenvalue weighted by Gasteiger charge is 2.21. The van der Waals surface area contributed by atoms with Crippen LogP contribution in [0.5, 0.6) is 0 Å². The van der Waals surface area contributed by atoms with Gasteiger partial charge in [-0.05, 0) is 23.3 Å². The second-order valence-electron chi connectivity index (χ2n) is 5.54. The van der Waals surface area contributed by atoms with Crippen LogP contribution in [0.2, 0.25) is 0 Å². The first kappa shape index (κ1) is 19.0. The Morgan fingerprint density at radius 2 is 1.65 bits per heavy atom. The van der Waals surface area contributed by atoms with E-state index in [2.05, 4.69) is 5.32 Å². The third-order valence-corrected chi connectivity index (χ3v) is 3.51. The SMILES string of the molecule is O=C(Cc1cc(F)cc(F)c1)N[C@@H](Cc1ccc([N+](=O)[O-])cc1)C(=O)O. The van der Waals surface area contributed by atoms with E-state index in [1.807, 2.05) is 0 Å². The van der Waals surface area contributed by atoms with Crippen LogP contribution in [0, 0.1) is 21.7 Å². The Bertz CT molecular complexity index is 819. The molecule has 0 saturated heterocycles. The molecule has 9 heteroatoms. The molecule has 0 heterocycles. The highest BCUT2D eigenvalue weighted by molar-refractivity contribution is 5.85. The third kappa shape index (κ3) is 5.33. The largest absolute Gasteiger partial charge is 0.480 e. The van der Waals surface area contributed by atoms with Crippen molar-refractivity contribution in [3.63, 3.8) is 0 Å². The lowest BCUT2D eigenvalue weighted by atomic mass is 10.0. The number of nitrogens with zero attached hydrogens (tertiary/aromatic N) is 1. The van der Waals surface area contributed by atoms with E-state index in [0.29, 0.717) is 11.6 Å². The number of rotatable bonds is 7. The Morgan fingerprint density at radius 1 is 1.08 bits per heavy atom. The van der Waals surface area contributed by atoms with E-state index >= 15 is 0 Å². The molecule has 0 unspecified atom stereocenters. The Morgan fingerprint density at radius 3 is 2.15 bits per heavy atom. The van der Waals surface area contributed by atoms with Gasteiger partial charge in [-0.1, -0.05) is 12.1 Å². The number of nitro groups is 1. The highest BCUT2D eigenvalue weighted by Crippen LogP contribution is 2.14. The summed E-state index contributed by atoms with van der Waals surface area (Å²) in [5.41, 5.74) is 0.400. The Kier molecular flexibility index (Phi) is 5.94. The summed E-state index contributed by atoms with van der Waals surface area (Å²) in [7, 11) is 0. The molecule has 0 spiro atoms. The van der Waals surface area contributed by atoms with Crippen LogP contribution in [0.4, 0.5) is 14.5 Å². The molecule has 0 radical (unpaired) electrons. The van der Waals surface area contributed by atoms with Gasteiger partial charge in [0.25, 0.3) is 5.69 Å². The van der Waals surface area contributed by atoms with Gasteiger partial charge in [-0.2, -0.15) is 0 Å². The lowest BCUT2D eigenvalue weighted by Crippen LogP contribution is -2.43. The van der Waals surface area contributed by atoms with Gasteiger partial charge in [-0.3, -0.25) is 14.9 Å². The minimum Gasteiger partial charge on any atom is -0.480 e. The van der Waals surface area contributed by atoms with Crippen molar-refractivity contribution in [3.8, 4) is 0 Å². The average Bonchev–Trinajstić information content (AvgIpc) is 2.53. The number of hydrogen-bond acceptors (Lipinski definition) is 4. The third-order valence-electron chi connectivity index (χ3n) is 3.51. The summed E-state index contributed by atoms with van der Waals surface area (Å²) < 4.78 is 26.3. The van der Waals surface area contributed by atoms with Gasteiger partial charge in [0.1, 0.15) is 17.7 Å². The number of carboxylic acid groups (broad SMARTS) is 1. The monoisotopic (exact) mass is 364 g/mol. The first-order chi connectivity index (χ1) is 12.2. The molecule has 0 bridgehead atoms. The molecule has 0 saturated carbocycles. The number of aliphatic carboxylic acids is 1. The zero-order chi connectivity index (χ0) is 19.3. The van der Waals surface area contributed by atoms with E-state index in [1.54, 1.807) is 0 Å². The smallest absolute Gasteiger partial charge is 0.326 e. The van der Waals surface area contributed by atoms with E-state index in [-0.39, 0.29) is 17.7 Å². The van der Waals surface area contributed by atoms with Gasteiger partial charge in [0, 0.05) is 24.6 Å². The molecule has 0 fully saturated rings. The molecule has 1 amide bonds. The van der Waals surface area contributed by atoms with Gasteiger partial charge in [0.05, 0.1) is 11.3 Å². The van der Waals surface area contributed by atoms with Gasteiger partial charge in [0.15, 0.2) is 0 Å². The first-order valence-electron chi connectivity index (χ1n) is 7.45. The van der Waals surface area contributed by atoms with Crippen molar-refractivity contribution in [2.45, 2.75) is 18.9 Å². The topological polar surface area (TPSA) is 110 Å². The van der Waals surface area contributed by atoms with Crippen molar-refractivity contribution >= 4 is 17.6 Å². The van der Waals surface area contributed by atoms with E-state index in [9.17, 15) is 33.6 Å². The molecule has 2 N–H and O–H groups in total. The van der Waals surface area contributed by atoms with Crippen molar-refractivity contribution in [1.82, 2.24) is 5.32 Å². The van der Waals surface area contributed by atoms with Gasteiger partial charge < -0.3 is 10.4 Å². The summed E-state index contributed by atoms with van der Waals surface area (Å²) in [6.07, 6.45) is -0.491. The number of nitrogens with one attached hydrogen (secondary N) is 1. The van der Waals surface area contributed by atoms with Gasteiger partial charge in [-0.25, -0.2) is 13.6 Å². The number of carbonyl (C=O) groups is 2. The van der Waals surface area contributed by atoms with E-state index < -0.39 is 40.9 Å². The Balaban J connectivity index is 2.03. The molecule has 26 heavy (non-hydrogen) atoms. The minimum atomic E-state index is -1.30. The minimum absolute atomic E-state index is 0.0690. The van der Waals surface area contributed by atoms with Crippen molar-refractivity contribution in [2.75, 3.05) is 0 Å². The quantitative estimate of drug-likeness (QED) is 0.578. The Labute approximate surface area is 146 Å². The average molecular weight is 364 g/mol. The van der Waals surface area contributed by atoms with Crippen LogP contribution in [0.1, 0.15) is 11.1 Å². The van der Waals surface area contributed by atoms with Crippen LogP contribution >= 0.6 is 0 Å². The molecule has 0 aliphatic rings. The lowest BCUT2D eigenvalue weighted by Gasteiger charge is -2.15. The molecule has 136 valence electrons. The molecular weight excluding hydrogens is 350 g/mol. The number of halogens is 2. The van der Waals surface area contributed by atoms with Gasteiger partial charge in [-0.15, -0.1) is 0 Å². The van der Waals surface area contributed by atoms with Crippen LogP contribution in [0.3, 0.4) is 0 Å². The number of carboxylic acids is 1. The number of non-ortho nitro benzene ring substituents is 1. The summed E-state index contributed by atoms with van der Waals surface area (Å²) in [6, 6.07) is 6.57. The van der Waals surface area contributed by atoms with E-state index in [0.717, 1.165) is 12.1 Å². The number of nitro benzene ring substituents is 1. The summed E-state index contributed by atoms with van der Waals surface area (Å²) in [6.45, 7) is 0. The normalized spacial score (nSPS) is 11.6. The standard InChI is InChI=1S/C17H14F2N2O5/c18-12-5-11(6-13(19)9-12)8-16(22)20-15(17(23)24)7-10-1-3-14(4-2-10)21(25)26/h1-6,9,15H,7-8H2,(H,20,22)(H,23,24)/t15-/m0/s1. The van der Waals surface area contributed by atoms with Crippen LogP contribution in [-0.2, 0) is 22.4 Å². The molecule has 2 aromatic carbocycles. The fraction of sp³-hybridized carbons (Fsp3) is 0.176. The second kappa shape index (κ2) is 8.15. The molecule has 0 aromatic heterocycles. The maximum absolute atomic E-state index is 13.1. The molecule has 1 atom stereocenters. The van der Waals surface area contributed by atoms with Crippen molar-refractivity contribution in [1.29, 1.82) is 0 Å². The second-order valence-corrected chi connectivity index (χ2v) is 5.54. The van der Waals surface area contributed by atoms with E-state index in [1.165, 1.54) is 24.3 Å². The fourth-order valence-electron chi connectivity index (χ4n) is 2.33. The molecule has 7 nitrogen and oxygen atoms in total. The fourth-order valence-corrected chi connectivity index (χ4v) is 2.33. The van der Waals surface area contributed by atoms with Crippen LogP contribution < -0.4 is 5.32 Å². The van der Waals surface area contributed by atoms with Crippen LogP contribution in [-0.4, -0.2) is 27.9 Å². The molecule has 0 aliphatic heterocycles. The summed E-state index contributed by atoms with van der Waals surface area (Å²) in [4.78, 5) is 33.3. The number of benzene rings is 2. The predicted molar refractivity (Wildman–Crippen MR) is 86.4 cm³/mol. The maximum atomic E-state index is 13.1. The van der Waals surface area contributed by atoms with Gasteiger partial charge >= 0.3 is 5.97 Å². The molecule has 2 rings (SSSR count). The lowest BCUT2D eigenvalue weighted by molar-refractivity contribution is -0.384. The molecular formula is C17H14F2N2O5. The zero-order valence-corrected chi connectivity index (χ0v) is 13.3. The Hall–Kier alpha value is -3.36.